The van der Waals surface area contributed by atoms with Gasteiger partial charge in [-0.15, -0.1) is 0 Å². The summed E-state index contributed by atoms with van der Waals surface area (Å²) in [4.78, 5) is 23.9. The number of rotatable bonds is 7. The van der Waals surface area contributed by atoms with Crippen LogP contribution < -0.4 is 15.4 Å². The summed E-state index contributed by atoms with van der Waals surface area (Å²) < 4.78 is 5.66. The van der Waals surface area contributed by atoms with Crippen LogP contribution in [0.4, 0.5) is 0 Å². The fourth-order valence-electron chi connectivity index (χ4n) is 2.45. The van der Waals surface area contributed by atoms with E-state index in [0.717, 1.165) is 22.4 Å². The zero-order chi connectivity index (χ0) is 19.1. The second-order valence-corrected chi connectivity index (χ2v) is 6.49. The van der Waals surface area contributed by atoms with Crippen molar-refractivity contribution in [2.24, 2.45) is 0 Å². The van der Waals surface area contributed by atoms with Crippen molar-refractivity contribution < 1.29 is 14.3 Å². The molecule has 0 radical (unpaired) electrons. The molecule has 0 unspecified atom stereocenters. The fraction of sp³-hybridized carbons (Fsp3) is 0.300. The van der Waals surface area contributed by atoms with Crippen molar-refractivity contribution in [3.05, 3.63) is 63.7 Å². The van der Waals surface area contributed by atoms with Gasteiger partial charge in [0.15, 0.2) is 6.61 Å². The van der Waals surface area contributed by atoms with Gasteiger partial charge in [0.25, 0.3) is 11.8 Å². The van der Waals surface area contributed by atoms with E-state index in [2.05, 4.69) is 10.6 Å². The summed E-state index contributed by atoms with van der Waals surface area (Å²) in [6, 6.07) is 10.7. The van der Waals surface area contributed by atoms with Crippen LogP contribution in [0.5, 0.6) is 5.75 Å². The molecule has 26 heavy (non-hydrogen) atoms. The minimum Gasteiger partial charge on any atom is -0.483 e. The number of carbonyl (C=O) groups is 2. The number of aryl methyl sites for hydroxylation is 2. The molecule has 0 atom stereocenters. The van der Waals surface area contributed by atoms with Crippen molar-refractivity contribution in [1.29, 1.82) is 0 Å². The summed E-state index contributed by atoms with van der Waals surface area (Å²) in [6.45, 7) is 6.50. The highest BCUT2D eigenvalue weighted by Crippen LogP contribution is 2.25. The van der Waals surface area contributed by atoms with E-state index in [1.165, 1.54) is 0 Å². The molecular formula is C20H23ClN2O3. The third-order valence-electron chi connectivity index (χ3n) is 4.04. The zero-order valence-corrected chi connectivity index (χ0v) is 15.9. The van der Waals surface area contributed by atoms with Crippen LogP contribution in [0, 0.1) is 20.8 Å². The standard InChI is InChI=1S/C20H23ClN2O3/c1-13-7-8-14(2)19(15(13)3)26-12-18(24)22-9-10-23-20(25)16-5-4-6-17(21)11-16/h4-8,11H,9-10,12H2,1-3H3,(H,22,24)(H,23,25). The third-order valence-corrected chi connectivity index (χ3v) is 4.28. The molecule has 0 heterocycles. The zero-order valence-electron chi connectivity index (χ0n) is 15.2. The topological polar surface area (TPSA) is 67.4 Å². The summed E-state index contributed by atoms with van der Waals surface area (Å²) >= 11 is 5.86. The van der Waals surface area contributed by atoms with Gasteiger partial charge in [0, 0.05) is 23.7 Å². The number of amides is 2. The van der Waals surface area contributed by atoms with Gasteiger partial charge >= 0.3 is 0 Å². The smallest absolute Gasteiger partial charge is 0.258 e. The van der Waals surface area contributed by atoms with Crippen LogP contribution in [-0.4, -0.2) is 31.5 Å². The van der Waals surface area contributed by atoms with E-state index in [-0.39, 0.29) is 18.4 Å². The van der Waals surface area contributed by atoms with Gasteiger partial charge in [-0.25, -0.2) is 0 Å². The predicted octanol–water partition coefficient (Wildman–Crippen LogP) is 3.19. The van der Waals surface area contributed by atoms with E-state index in [1.807, 2.05) is 32.9 Å². The molecule has 6 heteroatoms. The van der Waals surface area contributed by atoms with Crippen LogP contribution in [0.2, 0.25) is 5.02 Å². The molecule has 0 aliphatic rings. The van der Waals surface area contributed by atoms with Crippen molar-refractivity contribution >= 4 is 23.4 Å². The first-order chi connectivity index (χ1) is 12.4. The molecular weight excluding hydrogens is 352 g/mol. The number of benzene rings is 2. The first-order valence-corrected chi connectivity index (χ1v) is 8.76. The summed E-state index contributed by atoms with van der Waals surface area (Å²) in [5.41, 5.74) is 3.63. The molecule has 0 aliphatic carbocycles. The number of hydrogen-bond donors (Lipinski definition) is 2. The van der Waals surface area contributed by atoms with Gasteiger partial charge in [0.2, 0.25) is 0 Å². The van der Waals surface area contributed by atoms with Gasteiger partial charge in [-0.2, -0.15) is 0 Å². The predicted molar refractivity (Wildman–Crippen MR) is 103 cm³/mol. The minimum absolute atomic E-state index is 0.0621. The highest BCUT2D eigenvalue weighted by Gasteiger charge is 2.09. The molecule has 0 aliphatic heterocycles. The van der Waals surface area contributed by atoms with E-state index in [4.69, 9.17) is 16.3 Å². The van der Waals surface area contributed by atoms with Gasteiger partial charge in [-0.05, 0) is 55.7 Å². The average molecular weight is 375 g/mol. The summed E-state index contributed by atoms with van der Waals surface area (Å²) in [5, 5.41) is 5.95. The quantitative estimate of drug-likeness (QED) is 0.731. The summed E-state index contributed by atoms with van der Waals surface area (Å²) in [5.74, 6) is 0.278. The van der Waals surface area contributed by atoms with Crippen molar-refractivity contribution in [1.82, 2.24) is 10.6 Å². The highest BCUT2D eigenvalue weighted by molar-refractivity contribution is 6.30. The molecule has 0 fully saturated rings. The Labute approximate surface area is 158 Å². The summed E-state index contributed by atoms with van der Waals surface area (Å²) in [7, 11) is 0. The van der Waals surface area contributed by atoms with Gasteiger partial charge in [0.05, 0.1) is 0 Å². The molecule has 5 nitrogen and oxygen atoms in total. The first-order valence-electron chi connectivity index (χ1n) is 8.38. The number of carbonyl (C=O) groups excluding carboxylic acids is 2. The Morgan fingerprint density at radius 2 is 1.69 bits per heavy atom. The van der Waals surface area contributed by atoms with Crippen molar-refractivity contribution in [3.8, 4) is 5.75 Å². The van der Waals surface area contributed by atoms with Gasteiger partial charge < -0.3 is 15.4 Å². The number of nitrogens with one attached hydrogen (secondary N) is 2. The first kappa shape index (κ1) is 19.8. The molecule has 2 aromatic carbocycles. The van der Waals surface area contributed by atoms with E-state index >= 15 is 0 Å². The van der Waals surface area contributed by atoms with E-state index in [0.29, 0.717) is 23.7 Å². The lowest BCUT2D eigenvalue weighted by Crippen LogP contribution is -2.36. The van der Waals surface area contributed by atoms with Crippen molar-refractivity contribution in [3.63, 3.8) is 0 Å². The number of ether oxygens (including phenoxy) is 1. The highest BCUT2D eigenvalue weighted by atomic mass is 35.5. The van der Waals surface area contributed by atoms with Crippen LogP contribution in [0.3, 0.4) is 0 Å². The van der Waals surface area contributed by atoms with Crippen LogP contribution >= 0.6 is 11.6 Å². The lowest BCUT2D eigenvalue weighted by atomic mass is 10.1. The Morgan fingerprint density at radius 1 is 1.00 bits per heavy atom. The Balaban J connectivity index is 1.73. The Morgan fingerprint density at radius 3 is 2.42 bits per heavy atom. The molecule has 0 spiro atoms. The third kappa shape index (κ3) is 5.49. The molecule has 2 rings (SSSR count). The van der Waals surface area contributed by atoms with Gasteiger partial charge in [0.1, 0.15) is 5.75 Å². The monoisotopic (exact) mass is 374 g/mol. The van der Waals surface area contributed by atoms with Crippen molar-refractivity contribution in [2.75, 3.05) is 19.7 Å². The minimum atomic E-state index is -0.234. The Hall–Kier alpha value is -2.53. The molecule has 0 bridgehead atoms. The SMILES string of the molecule is Cc1ccc(C)c(OCC(=O)NCCNC(=O)c2cccc(Cl)c2)c1C. The summed E-state index contributed by atoms with van der Waals surface area (Å²) in [6.07, 6.45) is 0. The molecule has 2 N–H and O–H groups in total. The average Bonchev–Trinajstić information content (AvgIpc) is 2.61. The second-order valence-electron chi connectivity index (χ2n) is 6.06. The maximum Gasteiger partial charge on any atom is 0.258 e. The normalized spacial score (nSPS) is 10.3. The van der Waals surface area contributed by atoms with Crippen LogP contribution in [0.1, 0.15) is 27.0 Å². The molecule has 2 amide bonds. The molecule has 2 aromatic rings. The largest absolute Gasteiger partial charge is 0.483 e. The van der Waals surface area contributed by atoms with Crippen molar-refractivity contribution in [2.45, 2.75) is 20.8 Å². The fourth-order valence-corrected chi connectivity index (χ4v) is 2.64. The van der Waals surface area contributed by atoms with E-state index in [1.54, 1.807) is 24.3 Å². The molecule has 0 saturated heterocycles. The molecule has 0 saturated carbocycles. The van der Waals surface area contributed by atoms with Gasteiger partial charge in [-0.3, -0.25) is 9.59 Å². The second kappa shape index (κ2) is 9.25. The van der Waals surface area contributed by atoms with Crippen LogP contribution in [0.25, 0.3) is 0 Å². The van der Waals surface area contributed by atoms with Gasteiger partial charge in [-0.1, -0.05) is 29.8 Å². The lowest BCUT2D eigenvalue weighted by Gasteiger charge is -2.14. The lowest BCUT2D eigenvalue weighted by molar-refractivity contribution is -0.123. The number of halogens is 1. The molecule has 138 valence electrons. The Bertz CT molecular complexity index is 806. The van der Waals surface area contributed by atoms with Crippen LogP contribution in [-0.2, 0) is 4.79 Å². The number of hydrogen-bond acceptors (Lipinski definition) is 3. The van der Waals surface area contributed by atoms with Crippen LogP contribution in [0.15, 0.2) is 36.4 Å². The maximum absolute atomic E-state index is 12.0. The maximum atomic E-state index is 12.0. The van der Waals surface area contributed by atoms with E-state index < -0.39 is 0 Å². The Kier molecular flexibility index (Phi) is 7.04. The molecule has 0 aromatic heterocycles. The van der Waals surface area contributed by atoms with E-state index in [9.17, 15) is 9.59 Å².